The lowest BCUT2D eigenvalue weighted by Crippen LogP contribution is -2.39. The van der Waals surface area contributed by atoms with Crippen molar-refractivity contribution in [1.29, 1.82) is 0 Å². The molecule has 1 fully saturated rings. The van der Waals surface area contributed by atoms with Crippen LogP contribution in [0.3, 0.4) is 0 Å². The van der Waals surface area contributed by atoms with Gasteiger partial charge in [0.1, 0.15) is 4.99 Å². The van der Waals surface area contributed by atoms with Gasteiger partial charge >= 0.3 is 0 Å². The summed E-state index contributed by atoms with van der Waals surface area (Å²) in [6.07, 6.45) is 1.99. The van der Waals surface area contributed by atoms with Crippen molar-refractivity contribution in [3.63, 3.8) is 0 Å². The predicted molar refractivity (Wildman–Crippen MR) is 84.2 cm³/mol. The lowest BCUT2D eigenvalue weighted by Gasteiger charge is -2.30. The molecule has 1 aliphatic rings. The summed E-state index contributed by atoms with van der Waals surface area (Å²) in [5, 5.41) is 0. The first kappa shape index (κ1) is 15.4. The summed E-state index contributed by atoms with van der Waals surface area (Å²) >= 11 is 4.93. The van der Waals surface area contributed by atoms with Crippen LogP contribution < -0.4 is 5.73 Å². The molecule has 0 spiro atoms. The topological polar surface area (TPSA) is 63.4 Å². The molecule has 110 valence electrons. The Kier molecular flexibility index (Phi) is 4.46. The molecular weight excluding hydrogens is 292 g/mol. The lowest BCUT2D eigenvalue weighted by atomic mass is 10.0. The first-order valence-electron chi connectivity index (χ1n) is 6.73. The van der Waals surface area contributed by atoms with E-state index in [2.05, 4.69) is 6.92 Å². The van der Waals surface area contributed by atoms with Gasteiger partial charge in [-0.3, -0.25) is 0 Å². The molecule has 1 atom stereocenters. The predicted octanol–water partition coefficient (Wildman–Crippen LogP) is 2.05. The third-order valence-corrected chi connectivity index (χ3v) is 5.95. The SMILES string of the molecule is Cc1ccc(C(N)=S)cc1S(=O)(=O)N1CCCC(C)C1. The highest BCUT2D eigenvalue weighted by molar-refractivity contribution is 7.89. The molecule has 1 saturated heterocycles. The Balaban J connectivity index is 2.43. The minimum Gasteiger partial charge on any atom is -0.389 e. The fourth-order valence-corrected chi connectivity index (χ4v) is 4.51. The molecule has 0 bridgehead atoms. The Morgan fingerprint density at radius 2 is 2.15 bits per heavy atom. The van der Waals surface area contributed by atoms with Crippen LogP contribution in [0.1, 0.15) is 30.9 Å². The maximum absolute atomic E-state index is 12.8. The molecule has 0 saturated carbocycles. The molecular formula is C14H20N2O2S2. The molecule has 1 unspecified atom stereocenters. The van der Waals surface area contributed by atoms with Gasteiger partial charge in [-0.1, -0.05) is 31.3 Å². The van der Waals surface area contributed by atoms with Gasteiger partial charge in [-0.2, -0.15) is 4.31 Å². The van der Waals surface area contributed by atoms with Crippen LogP contribution >= 0.6 is 12.2 Å². The maximum atomic E-state index is 12.8. The third-order valence-electron chi connectivity index (χ3n) is 3.71. The molecule has 20 heavy (non-hydrogen) atoms. The summed E-state index contributed by atoms with van der Waals surface area (Å²) in [6.45, 7) is 5.05. The number of hydrogen-bond donors (Lipinski definition) is 1. The fourth-order valence-electron chi connectivity index (χ4n) is 2.53. The first-order valence-corrected chi connectivity index (χ1v) is 8.58. The van der Waals surface area contributed by atoms with Gasteiger partial charge in [-0.05, 0) is 37.3 Å². The summed E-state index contributed by atoms with van der Waals surface area (Å²) < 4.78 is 27.1. The number of nitrogens with zero attached hydrogens (tertiary/aromatic N) is 1. The van der Waals surface area contributed by atoms with Crippen molar-refractivity contribution in [1.82, 2.24) is 4.31 Å². The molecule has 0 amide bonds. The second-order valence-electron chi connectivity index (χ2n) is 5.45. The van der Waals surface area contributed by atoms with E-state index in [1.807, 2.05) is 0 Å². The minimum absolute atomic E-state index is 0.216. The van der Waals surface area contributed by atoms with E-state index in [4.69, 9.17) is 18.0 Å². The summed E-state index contributed by atoms with van der Waals surface area (Å²) in [6, 6.07) is 5.11. The van der Waals surface area contributed by atoms with Crippen LogP contribution in [0.25, 0.3) is 0 Å². The second-order valence-corrected chi connectivity index (χ2v) is 7.80. The lowest BCUT2D eigenvalue weighted by molar-refractivity contribution is 0.281. The van der Waals surface area contributed by atoms with Crippen molar-refractivity contribution >= 4 is 27.2 Å². The van der Waals surface area contributed by atoms with Gasteiger partial charge in [0.25, 0.3) is 0 Å². The van der Waals surface area contributed by atoms with Crippen molar-refractivity contribution in [2.45, 2.75) is 31.6 Å². The largest absolute Gasteiger partial charge is 0.389 e. The highest BCUT2D eigenvalue weighted by Crippen LogP contribution is 2.26. The van der Waals surface area contributed by atoms with Crippen LogP contribution in [0.15, 0.2) is 23.1 Å². The number of rotatable bonds is 3. The van der Waals surface area contributed by atoms with Gasteiger partial charge in [0.2, 0.25) is 10.0 Å². The number of piperidine rings is 1. The van der Waals surface area contributed by atoms with Crippen LogP contribution in [-0.4, -0.2) is 30.8 Å². The fraction of sp³-hybridized carbons (Fsp3) is 0.500. The van der Waals surface area contributed by atoms with E-state index in [0.29, 0.717) is 29.5 Å². The van der Waals surface area contributed by atoms with Gasteiger partial charge in [-0.25, -0.2) is 8.42 Å². The van der Waals surface area contributed by atoms with Crippen molar-refractivity contribution in [3.8, 4) is 0 Å². The van der Waals surface area contributed by atoms with Crippen molar-refractivity contribution in [2.75, 3.05) is 13.1 Å². The monoisotopic (exact) mass is 312 g/mol. The van der Waals surface area contributed by atoms with Crippen LogP contribution in [0.4, 0.5) is 0 Å². The molecule has 2 rings (SSSR count). The molecule has 6 heteroatoms. The number of hydrogen-bond acceptors (Lipinski definition) is 3. The van der Waals surface area contributed by atoms with E-state index in [-0.39, 0.29) is 4.99 Å². The van der Waals surface area contributed by atoms with Crippen LogP contribution in [0.5, 0.6) is 0 Å². The molecule has 0 aliphatic carbocycles. The van der Waals surface area contributed by atoms with E-state index in [9.17, 15) is 8.42 Å². The highest BCUT2D eigenvalue weighted by Gasteiger charge is 2.29. The molecule has 1 heterocycles. The molecule has 1 aliphatic heterocycles. The molecule has 0 radical (unpaired) electrons. The van der Waals surface area contributed by atoms with E-state index >= 15 is 0 Å². The third kappa shape index (κ3) is 3.02. The molecule has 4 nitrogen and oxygen atoms in total. The summed E-state index contributed by atoms with van der Waals surface area (Å²) in [5.74, 6) is 0.401. The number of aryl methyl sites for hydroxylation is 1. The Morgan fingerprint density at radius 1 is 1.45 bits per heavy atom. The van der Waals surface area contributed by atoms with Gasteiger partial charge in [0, 0.05) is 18.7 Å². The molecule has 0 aromatic heterocycles. The Labute approximate surface area is 126 Å². The zero-order valence-electron chi connectivity index (χ0n) is 11.8. The number of sulfonamides is 1. The molecule has 1 aromatic rings. The number of nitrogens with two attached hydrogens (primary N) is 1. The average molecular weight is 312 g/mol. The van der Waals surface area contributed by atoms with Crippen molar-refractivity contribution in [3.05, 3.63) is 29.3 Å². The zero-order chi connectivity index (χ0) is 14.9. The standard InChI is InChI=1S/C14H20N2O2S2/c1-10-4-3-7-16(9-10)20(17,18)13-8-12(14(15)19)6-5-11(13)2/h5-6,8,10H,3-4,7,9H2,1-2H3,(H2,15,19). The average Bonchev–Trinajstić information content (AvgIpc) is 2.38. The Bertz CT molecular complexity index is 626. The van der Waals surface area contributed by atoms with E-state index in [1.165, 1.54) is 0 Å². The van der Waals surface area contributed by atoms with Gasteiger partial charge in [0.05, 0.1) is 4.90 Å². The van der Waals surface area contributed by atoms with Gasteiger partial charge < -0.3 is 5.73 Å². The number of benzene rings is 1. The van der Waals surface area contributed by atoms with Crippen LogP contribution in [-0.2, 0) is 10.0 Å². The first-order chi connectivity index (χ1) is 9.32. The highest BCUT2D eigenvalue weighted by atomic mass is 32.2. The Hall–Kier alpha value is -0.980. The normalized spacial score (nSPS) is 20.8. The van der Waals surface area contributed by atoms with Crippen LogP contribution in [0.2, 0.25) is 0 Å². The quantitative estimate of drug-likeness (QED) is 0.868. The maximum Gasteiger partial charge on any atom is 0.243 e. The van der Waals surface area contributed by atoms with E-state index in [0.717, 1.165) is 18.4 Å². The van der Waals surface area contributed by atoms with Crippen LogP contribution in [0, 0.1) is 12.8 Å². The van der Waals surface area contributed by atoms with Crippen molar-refractivity contribution < 1.29 is 8.42 Å². The summed E-state index contributed by atoms with van der Waals surface area (Å²) in [7, 11) is -3.46. The summed E-state index contributed by atoms with van der Waals surface area (Å²) in [5.41, 5.74) is 6.92. The molecule has 1 aromatic carbocycles. The van der Waals surface area contributed by atoms with E-state index < -0.39 is 10.0 Å². The smallest absolute Gasteiger partial charge is 0.243 e. The molecule has 2 N–H and O–H groups in total. The van der Waals surface area contributed by atoms with E-state index in [1.54, 1.807) is 29.4 Å². The van der Waals surface area contributed by atoms with Gasteiger partial charge in [0.15, 0.2) is 0 Å². The minimum atomic E-state index is -3.46. The van der Waals surface area contributed by atoms with Gasteiger partial charge in [-0.15, -0.1) is 0 Å². The second kappa shape index (κ2) is 5.79. The summed E-state index contributed by atoms with van der Waals surface area (Å²) in [4.78, 5) is 0.533. The number of thiocarbonyl (C=S) groups is 1. The Morgan fingerprint density at radius 3 is 2.75 bits per heavy atom. The van der Waals surface area contributed by atoms with Crippen molar-refractivity contribution in [2.24, 2.45) is 11.7 Å². The zero-order valence-corrected chi connectivity index (χ0v) is 13.4.